The zero-order chi connectivity index (χ0) is 18.7. The van der Waals surface area contributed by atoms with Gasteiger partial charge in [-0.25, -0.2) is 9.78 Å². The number of benzene rings is 2. The third-order valence-electron chi connectivity index (χ3n) is 3.63. The van der Waals surface area contributed by atoms with Crippen molar-refractivity contribution in [3.8, 4) is 0 Å². The third kappa shape index (κ3) is 4.12. The fraction of sp³-hybridized carbons (Fsp3) is 0.167. The highest BCUT2D eigenvalue weighted by molar-refractivity contribution is 7.22. The molecule has 8 heteroatoms. The molecule has 26 heavy (non-hydrogen) atoms. The van der Waals surface area contributed by atoms with Crippen LogP contribution in [-0.4, -0.2) is 16.9 Å². The zero-order valence-corrected chi connectivity index (χ0v) is 15.8. The van der Waals surface area contributed by atoms with E-state index in [4.69, 9.17) is 11.6 Å². The molecule has 0 fully saturated rings. The molecule has 0 aliphatic rings. The number of fused-ring (bicyclic) bond motifs is 1. The molecule has 3 rings (SSSR count). The Kier molecular flexibility index (Phi) is 5.39. The lowest BCUT2D eigenvalue weighted by molar-refractivity contribution is -0.115. The van der Waals surface area contributed by atoms with Gasteiger partial charge in [0.1, 0.15) is 0 Å². The molecule has 3 amide bonds. The van der Waals surface area contributed by atoms with Gasteiger partial charge in [-0.3, -0.25) is 4.79 Å². The molecule has 0 aliphatic carbocycles. The second kappa shape index (κ2) is 7.72. The Morgan fingerprint density at radius 3 is 2.65 bits per heavy atom. The third-order valence-corrected chi connectivity index (χ3v) is 4.88. The summed E-state index contributed by atoms with van der Waals surface area (Å²) < 4.78 is 0.879. The van der Waals surface area contributed by atoms with Gasteiger partial charge in [0.2, 0.25) is 5.91 Å². The molecule has 0 bridgehead atoms. The van der Waals surface area contributed by atoms with Crippen LogP contribution in [0.1, 0.15) is 18.9 Å². The SMILES string of the molecule is CCC(=O)Nc1nc2c(C)cc(NC(=O)Nc3ccccc3Cl)cc2s1. The zero-order valence-electron chi connectivity index (χ0n) is 14.2. The number of rotatable bonds is 4. The van der Waals surface area contributed by atoms with Crippen molar-refractivity contribution in [3.63, 3.8) is 0 Å². The number of urea groups is 1. The van der Waals surface area contributed by atoms with Gasteiger partial charge in [-0.1, -0.05) is 42.0 Å². The molecule has 0 unspecified atom stereocenters. The summed E-state index contributed by atoms with van der Waals surface area (Å²) in [5.41, 5.74) is 2.88. The monoisotopic (exact) mass is 388 g/mol. The Hall–Kier alpha value is -2.64. The first-order chi connectivity index (χ1) is 12.5. The van der Waals surface area contributed by atoms with E-state index in [0.29, 0.717) is 27.9 Å². The van der Waals surface area contributed by atoms with E-state index >= 15 is 0 Å². The highest BCUT2D eigenvalue weighted by Gasteiger charge is 2.12. The molecule has 0 saturated carbocycles. The second-order valence-electron chi connectivity index (χ2n) is 5.62. The molecule has 0 radical (unpaired) electrons. The first-order valence-corrected chi connectivity index (χ1v) is 9.19. The number of hydrogen-bond acceptors (Lipinski definition) is 4. The molecule has 0 atom stereocenters. The molecule has 3 aromatic rings. The Balaban J connectivity index is 1.78. The van der Waals surface area contributed by atoms with Gasteiger partial charge >= 0.3 is 6.03 Å². The standard InChI is InChI=1S/C18H17ClN4O2S/c1-3-15(24)22-18-23-16-10(2)8-11(9-14(16)26-18)20-17(25)21-13-7-5-4-6-12(13)19/h4-9H,3H2,1-2H3,(H2,20,21,25)(H,22,23,24). The number of hydrogen-bond donors (Lipinski definition) is 3. The molecule has 0 saturated heterocycles. The molecule has 0 spiro atoms. The van der Waals surface area contributed by atoms with Crippen molar-refractivity contribution in [3.05, 3.63) is 47.0 Å². The predicted octanol–water partition coefficient (Wildman–Crippen LogP) is 5.25. The number of nitrogens with one attached hydrogen (secondary N) is 3. The van der Waals surface area contributed by atoms with Crippen LogP contribution >= 0.6 is 22.9 Å². The molecule has 1 heterocycles. The van der Waals surface area contributed by atoms with E-state index in [2.05, 4.69) is 20.9 Å². The summed E-state index contributed by atoms with van der Waals surface area (Å²) in [7, 11) is 0. The molecule has 6 nitrogen and oxygen atoms in total. The Bertz CT molecular complexity index is 986. The van der Waals surface area contributed by atoms with Gasteiger partial charge in [-0.15, -0.1) is 0 Å². The van der Waals surface area contributed by atoms with Crippen molar-refractivity contribution < 1.29 is 9.59 Å². The van der Waals surface area contributed by atoms with E-state index in [1.807, 2.05) is 19.1 Å². The van der Waals surface area contributed by atoms with Crippen LogP contribution in [0, 0.1) is 6.92 Å². The van der Waals surface area contributed by atoms with Crippen LogP contribution in [0.25, 0.3) is 10.2 Å². The maximum Gasteiger partial charge on any atom is 0.323 e. The van der Waals surface area contributed by atoms with Gasteiger partial charge in [0, 0.05) is 12.1 Å². The number of aryl methyl sites for hydroxylation is 1. The Labute approximate surface area is 159 Å². The van der Waals surface area contributed by atoms with Crippen LogP contribution in [0.3, 0.4) is 0 Å². The lowest BCUT2D eigenvalue weighted by Gasteiger charge is -2.09. The lowest BCUT2D eigenvalue weighted by Crippen LogP contribution is -2.19. The molecule has 3 N–H and O–H groups in total. The minimum atomic E-state index is -0.388. The Morgan fingerprint density at radius 2 is 1.92 bits per heavy atom. The van der Waals surface area contributed by atoms with Crippen LogP contribution in [-0.2, 0) is 4.79 Å². The van der Waals surface area contributed by atoms with Crippen molar-refractivity contribution >= 4 is 61.6 Å². The van der Waals surface area contributed by atoms with Gasteiger partial charge < -0.3 is 16.0 Å². The summed E-state index contributed by atoms with van der Waals surface area (Å²) >= 11 is 7.41. The fourth-order valence-corrected chi connectivity index (χ4v) is 3.56. The number of halogens is 1. The maximum atomic E-state index is 12.2. The number of amides is 3. The van der Waals surface area contributed by atoms with Gasteiger partial charge in [-0.2, -0.15) is 0 Å². The van der Waals surface area contributed by atoms with Crippen molar-refractivity contribution in [2.45, 2.75) is 20.3 Å². The van der Waals surface area contributed by atoms with Crippen LogP contribution in [0.15, 0.2) is 36.4 Å². The molecular formula is C18H17ClN4O2S. The average molecular weight is 389 g/mol. The first kappa shape index (κ1) is 18.2. The van der Waals surface area contributed by atoms with Crippen LogP contribution in [0.4, 0.5) is 21.3 Å². The smallest absolute Gasteiger partial charge is 0.308 e. The van der Waals surface area contributed by atoms with E-state index in [1.165, 1.54) is 11.3 Å². The maximum absolute atomic E-state index is 12.2. The molecule has 134 valence electrons. The number of para-hydroxylation sites is 1. The highest BCUT2D eigenvalue weighted by Crippen LogP contribution is 2.31. The number of carbonyl (C=O) groups is 2. The Morgan fingerprint density at radius 1 is 1.15 bits per heavy atom. The largest absolute Gasteiger partial charge is 0.323 e. The van der Waals surface area contributed by atoms with Crippen molar-refractivity contribution in [1.82, 2.24) is 4.98 Å². The van der Waals surface area contributed by atoms with E-state index in [0.717, 1.165) is 15.8 Å². The topological polar surface area (TPSA) is 83.1 Å². The quantitative estimate of drug-likeness (QED) is 0.570. The second-order valence-corrected chi connectivity index (χ2v) is 7.06. The summed E-state index contributed by atoms with van der Waals surface area (Å²) in [6, 6.07) is 10.3. The molecule has 2 aromatic carbocycles. The van der Waals surface area contributed by atoms with E-state index in [9.17, 15) is 9.59 Å². The summed E-state index contributed by atoms with van der Waals surface area (Å²) in [5.74, 6) is -0.0841. The normalized spacial score (nSPS) is 10.6. The number of thiazole rings is 1. The fourth-order valence-electron chi connectivity index (χ4n) is 2.38. The predicted molar refractivity (Wildman–Crippen MR) is 107 cm³/mol. The summed E-state index contributed by atoms with van der Waals surface area (Å²) in [4.78, 5) is 28.2. The van der Waals surface area contributed by atoms with Gasteiger partial charge in [0.25, 0.3) is 0 Å². The number of aromatic nitrogens is 1. The van der Waals surface area contributed by atoms with Gasteiger partial charge in [0.15, 0.2) is 5.13 Å². The number of nitrogens with zero attached hydrogens (tertiary/aromatic N) is 1. The summed E-state index contributed by atoms with van der Waals surface area (Å²) in [5, 5.41) is 9.28. The number of anilines is 3. The summed E-state index contributed by atoms with van der Waals surface area (Å²) in [6.45, 7) is 3.69. The van der Waals surface area contributed by atoms with Gasteiger partial charge in [0.05, 0.1) is 20.9 Å². The number of carbonyl (C=O) groups excluding carboxylic acids is 2. The summed E-state index contributed by atoms with van der Waals surface area (Å²) in [6.07, 6.45) is 0.393. The van der Waals surface area contributed by atoms with E-state index in [-0.39, 0.29) is 11.9 Å². The van der Waals surface area contributed by atoms with Crippen molar-refractivity contribution in [2.24, 2.45) is 0 Å². The van der Waals surface area contributed by atoms with Gasteiger partial charge in [-0.05, 0) is 36.8 Å². The minimum Gasteiger partial charge on any atom is -0.308 e. The van der Waals surface area contributed by atoms with Crippen molar-refractivity contribution in [2.75, 3.05) is 16.0 Å². The molecule has 1 aromatic heterocycles. The molecule has 0 aliphatic heterocycles. The molecular weight excluding hydrogens is 372 g/mol. The van der Waals surface area contributed by atoms with Crippen LogP contribution in [0.2, 0.25) is 5.02 Å². The minimum absolute atomic E-state index is 0.0841. The lowest BCUT2D eigenvalue weighted by atomic mass is 10.2. The first-order valence-electron chi connectivity index (χ1n) is 8.00. The highest BCUT2D eigenvalue weighted by atomic mass is 35.5. The average Bonchev–Trinajstić information content (AvgIpc) is 2.99. The van der Waals surface area contributed by atoms with E-state index < -0.39 is 0 Å². The van der Waals surface area contributed by atoms with Crippen molar-refractivity contribution in [1.29, 1.82) is 0 Å². The van der Waals surface area contributed by atoms with Crippen LogP contribution in [0.5, 0.6) is 0 Å². The van der Waals surface area contributed by atoms with E-state index in [1.54, 1.807) is 31.2 Å². The van der Waals surface area contributed by atoms with Crippen LogP contribution < -0.4 is 16.0 Å².